The van der Waals surface area contributed by atoms with Crippen LogP contribution in [0.2, 0.25) is 0 Å². The van der Waals surface area contributed by atoms with E-state index in [1.54, 1.807) is 24.4 Å². The Balaban J connectivity index is 1.81. The molecule has 3 aromatic carbocycles. The maximum absolute atomic E-state index is 13.0. The lowest BCUT2D eigenvalue weighted by Crippen LogP contribution is -2.14. The van der Waals surface area contributed by atoms with E-state index in [-0.39, 0.29) is 4.90 Å². The molecule has 5 heteroatoms. The first kappa shape index (κ1) is 15.5. The first-order valence-electron chi connectivity index (χ1n) is 7.88. The molecule has 124 valence electrons. The molecule has 0 bridgehead atoms. The van der Waals surface area contributed by atoms with Crippen LogP contribution in [0, 0.1) is 0 Å². The van der Waals surface area contributed by atoms with Crippen molar-refractivity contribution >= 4 is 26.6 Å². The van der Waals surface area contributed by atoms with E-state index in [0.717, 1.165) is 16.5 Å². The van der Waals surface area contributed by atoms with Crippen molar-refractivity contribution in [3.8, 4) is 11.1 Å². The highest BCUT2D eigenvalue weighted by atomic mass is 32.2. The number of nitrogens with one attached hydrogen (secondary N) is 2. The molecule has 25 heavy (non-hydrogen) atoms. The van der Waals surface area contributed by atoms with E-state index in [1.165, 1.54) is 0 Å². The highest BCUT2D eigenvalue weighted by Gasteiger charge is 2.20. The summed E-state index contributed by atoms with van der Waals surface area (Å²) in [6, 6.07) is 23.9. The van der Waals surface area contributed by atoms with Crippen LogP contribution in [0.15, 0.2) is 90.0 Å². The number of anilines is 1. The zero-order valence-electron chi connectivity index (χ0n) is 13.3. The van der Waals surface area contributed by atoms with Crippen LogP contribution >= 0.6 is 0 Å². The van der Waals surface area contributed by atoms with E-state index in [0.29, 0.717) is 11.3 Å². The van der Waals surface area contributed by atoms with Crippen molar-refractivity contribution in [3.63, 3.8) is 0 Å². The number of hydrogen-bond acceptors (Lipinski definition) is 2. The molecule has 0 aliphatic carbocycles. The van der Waals surface area contributed by atoms with E-state index in [9.17, 15) is 8.42 Å². The van der Waals surface area contributed by atoms with Gasteiger partial charge in [0, 0.05) is 22.7 Å². The van der Waals surface area contributed by atoms with Gasteiger partial charge in [0.15, 0.2) is 0 Å². The molecule has 4 rings (SSSR count). The maximum Gasteiger partial charge on any atom is 0.262 e. The van der Waals surface area contributed by atoms with Crippen LogP contribution in [0.25, 0.3) is 22.0 Å². The number of aromatic nitrogens is 1. The lowest BCUT2D eigenvalue weighted by atomic mass is 10.1. The molecule has 0 aliphatic heterocycles. The third-order valence-electron chi connectivity index (χ3n) is 4.10. The normalized spacial score (nSPS) is 11.5. The lowest BCUT2D eigenvalue weighted by molar-refractivity contribution is 0.601. The Kier molecular flexibility index (Phi) is 3.78. The predicted octanol–water partition coefficient (Wildman–Crippen LogP) is 4.64. The molecule has 0 amide bonds. The van der Waals surface area contributed by atoms with E-state index >= 15 is 0 Å². The predicted molar refractivity (Wildman–Crippen MR) is 101 cm³/mol. The summed E-state index contributed by atoms with van der Waals surface area (Å²) in [5.41, 5.74) is 2.98. The number of fused-ring (bicyclic) bond motifs is 1. The Morgan fingerprint density at radius 3 is 2.36 bits per heavy atom. The zero-order chi connectivity index (χ0) is 17.3. The van der Waals surface area contributed by atoms with Crippen LogP contribution in [0.3, 0.4) is 0 Å². The third-order valence-corrected chi connectivity index (χ3v) is 5.52. The first-order chi connectivity index (χ1) is 12.1. The Hall–Kier alpha value is -3.05. The quantitative estimate of drug-likeness (QED) is 0.564. The van der Waals surface area contributed by atoms with Crippen molar-refractivity contribution in [3.05, 3.63) is 85.1 Å². The molecule has 0 unspecified atom stereocenters. The summed E-state index contributed by atoms with van der Waals surface area (Å²) < 4.78 is 28.8. The van der Waals surface area contributed by atoms with Gasteiger partial charge in [-0.15, -0.1) is 0 Å². The van der Waals surface area contributed by atoms with Crippen molar-refractivity contribution in [1.29, 1.82) is 0 Å². The second-order valence-corrected chi connectivity index (χ2v) is 7.36. The third kappa shape index (κ3) is 2.90. The van der Waals surface area contributed by atoms with Gasteiger partial charge in [0.2, 0.25) is 0 Å². The van der Waals surface area contributed by atoms with E-state index in [1.807, 2.05) is 60.7 Å². The highest BCUT2D eigenvalue weighted by Crippen LogP contribution is 2.30. The maximum atomic E-state index is 13.0. The van der Waals surface area contributed by atoms with Crippen LogP contribution in [-0.2, 0) is 10.0 Å². The van der Waals surface area contributed by atoms with Crippen LogP contribution in [0.5, 0.6) is 0 Å². The van der Waals surface area contributed by atoms with Gasteiger partial charge in [-0.3, -0.25) is 4.72 Å². The molecule has 1 aromatic heterocycles. The van der Waals surface area contributed by atoms with E-state index < -0.39 is 10.0 Å². The number of sulfonamides is 1. The molecule has 0 saturated heterocycles. The fourth-order valence-corrected chi connectivity index (χ4v) is 4.24. The number of hydrogen-bond donors (Lipinski definition) is 2. The molecule has 0 aliphatic rings. The van der Waals surface area contributed by atoms with E-state index in [2.05, 4.69) is 9.71 Å². The van der Waals surface area contributed by atoms with Crippen molar-refractivity contribution in [2.45, 2.75) is 4.90 Å². The number of aromatic amines is 1. The highest BCUT2D eigenvalue weighted by molar-refractivity contribution is 7.92. The summed E-state index contributed by atoms with van der Waals surface area (Å²) >= 11 is 0. The minimum absolute atomic E-state index is 0.258. The van der Waals surface area contributed by atoms with Gasteiger partial charge in [-0.1, -0.05) is 54.6 Å². The summed E-state index contributed by atoms with van der Waals surface area (Å²) in [5.74, 6) is 0. The lowest BCUT2D eigenvalue weighted by Gasteiger charge is -2.13. The monoisotopic (exact) mass is 348 g/mol. The van der Waals surface area contributed by atoms with Gasteiger partial charge in [-0.2, -0.15) is 0 Å². The van der Waals surface area contributed by atoms with Gasteiger partial charge in [-0.25, -0.2) is 8.42 Å². The van der Waals surface area contributed by atoms with Crippen molar-refractivity contribution in [2.75, 3.05) is 4.72 Å². The van der Waals surface area contributed by atoms with Gasteiger partial charge in [0.05, 0.1) is 10.6 Å². The first-order valence-corrected chi connectivity index (χ1v) is 9.37. The fourth-order valence-electron chi connectivity index (χ4n) is 2.93. The molecule has 0 fully saturated rings. The Bertz CT molecular complexity index is 1130. The van der Waals surface area contributed by atoms with Crippen LogP contribution in [0.4, 0.5) is 5.69 Å². The van der Waals surface area contributed by atoms with Gasteiger partial charge in [0.25, 0.3) is 10.0 Å². The number of rotatable bonds is 4. The summed E-state index contributed by atoms with van der Waals surface area (Å²) in [6.07, 6.45) is 1.79. The molecule has 0 atom stereocenters. The average molecular weight is 348 g/mol. The Morgan fingerprint density at radius 2 is 1.52 bits per heavy atom. The van der Waals surface area contributed by atoms with Crippen molar-refractivity contribution in [1.82, 2.24) is 4.98 Å². The van der Waals surface area contributed by atoms with E-state index in [4.69, 9.17) is 0 Å². The summed E-state index contributed by atoms with van der Waals surface area (Å²) in [7, 11) is -3.73. The van der Waals surface area contributed by atoms with Crippen molar-refractivity contribution < 1.29 is 8.42 Å². The molecular formula is C20H16N2O2S. The van der Waals surface area contributed by atoms with Gasteiger partial charge >= 0.3 is 0 Å². The van der Waals surface area contributed by atoms with Gasteiger partial charge in [-0.05, 0) is 29.8 Å². The second kappa shape index (κ2) is 6.11. The topological polar surface area (TPSA) is 62.0 Å². The number of benzene rings is 3. The molecule has 0 saturated carbocycles. The van der Waals surface area contributed by atoms with Crippen LogP contribution in [0.1, 0.15) is 0 Å². The smallest absolute Gasteiger partial charge is 0.262 e. The standard InChI is InChI=1S/C20H16N2O2S/c23-25(24,22-19-11-6-10-18-17(19)13-14-21-18)20-12-5-4-9-16(20)15-7-2-1-3-8-15/h1-14,21-22H. The molecule has 4 nitrogen and oxygen atoms in total. The molecule has 0 radical (unpaired) electrons. The van der Waals surface area contributed by atoms with Crippen LogP contribution < -0.4 is 4.72 Å². The molecule has 0 spiro atoms. The Labute approximate surface area is 146 Å². The molecular weight excluding hydrogens is 332 g/mol. The number of H-pyrrole nitrogens is 1. The molecule has 4 aromatic rings. The second-order valence-electron chi connectivity index (χ2n) is 5.71. The van der Waals surface area contributed by atoms with Gasteiger partial charge in [0.1, 0.15) is 0 Å². The van der Waals surface area contributed by atoms with Crippen molar-refractivity contribution in [2.24, 2.45) is 0 Å². The Morgan fingerprint density at radius 1 is 0.760 bits per heavy atom. The molecule has 1 heterocycles. The summed E-state index contributed by atoms with van der Waals surface area (Å²) in [4.78, 5) is 3.35. The van der Waals surface area contributed by atoms with Gasteiger partial charge < -0.3 is 4.98 Å². The fraction of sp³-hybridized carbons (Fsp3) is 0. The minimum Gasteiger partial charge on any atom is -0.361 e. The SMILES string of the molecule is O=S(=O)(Nc1cccc2[nH]ccc12)c1ccccc1-c1ccccc1. The van der Waals surface area contributed by atoms with Crippen LogP contribution in [-0.4, -0.2) is 13.4 Å². The minimum atomic E-state index is -3.73. The zero-order valence-corrected chi connectivity index (χ0v) is 14.1. The summed E-state index contributed by atoms with van der Waals surface area (Å²) in [5, 5.41) is 0.836. The average Bonchev–Trinajstić information content (AvgIpc) is 3.12. The molecule has 2 N–H and O–H groups in total. The largest absolute Gasteiger partial charge is 0.361 e. The summed E-state index contributed by atoms with van der Waals surface area (Å²) in [6.45, 7) is 0.